The maximum absolute atomic E-state index is 12.0. The molecule has 3 N–H and O–H groups in total. The van der Waals surface area contributed by atoms with Gasteiger partial charge in [0.1, 0.15) is 6.04 Å². The van der Waals surface area contributed by atoms with Gasteiger partial charge in [-0.25, -0.2) is 0 Å². The second-order valence-electron chi connectivity index (χ2n) is 5.22. The van der Waals surface area contributed by atoms with Gasteiger partial charge in [0.2, 0.25) is 5.91 Å². The summed E-state index contributed by atoms with van der Waals surface area (Å²) in [6.07, 6.45) is 1.94. The Labute approximate surface area is 115 Å². The van der Waals surface area contributed by atoms with Crippen LogP contribution in [0.1, 0.15) is 18.9 Å². The maximum atomic E-state index is 12.0. The van der Waals surface area contributed by atoms with Crippen molar-refractivity contribution in [2.45, 2.75) is 31.8 Å². The summed E-state index contributed by atoms with van der Waals surface area (Å²) in [6, 6.07) is 10.4. The zero-order valence-corrected chi connectivity index (χ0v) is 11.5. The predicted octanol–water partition coefficient (Wildman–Crippen LogP) is 0.767. The summed E-state index contributed by atoms with van der Waals surface area (Å²) in [7, 11) is 0. The number of carbonyl (C=O) groups excluding carboxylic acids is 1. The van der Waals surface area contributed by atoms with E-state index in [2.05, 4.69) is 22.3 Å². The Morgan fingerprint density at radius 1 is 1.37 bits per heavy atom. The number of carbonyl (C=O) groups is 1. The lowest BCUT2D eigenvalue weighted by molar-refractivity contribution is -0.125. The smallest absolute Gasteiger partial charge is 0.238 e. The number of rotatable bonds is 4. The monoisotopic (exact) mass is 261 g/mol. The second-order valence-corrected chi connectivity index (χ2v) is 5.22. The zero-order valence-electron chi connectivity index (χ0n) is 11.5. The van der Waals surface area contributed by atoms with E-state index in [4.69, 9.17) is 5.73 Å². The predicted molar refractivity (Wildman–Crippen MR) is 76.8 cm³/mol. The van der Waals surface area contributed by atoms with Crippen LogP contribution >= 0.6 is 0 Å². The molecule has 4 nitrogen and oxygen atoms in total. The molecule has 0 aromatic heterocycles. The summed E-state index contributed by atoms with van der Waals surface area (Å²) in [5, 5.41) is 3.01. The molecule has 1 aliphatic rings. The number of hydrogen-bond acceptors (Lipinski definition) is 3. The first-order chi connectivity index (χ1) is 9.20. The Bertz CT molecular complexity index is 407. The topological polar surface area (TPSA) is 58.4 Å². The Morgan fingerprint density at radius 2 is 2.11 bits per heavy atom. The molecule has 104 valence electrons. The van der Waals surface area contributed by atoms with E-state index in [-0.39, 0.29) is 18.0 Å². The van der Waals surface area contributed by atoms with Crippen molar-refractivity contribution in [3.63, 3.8) is 0 Å². The first kappa shape index (κ1) is 14.0. The molecule has 0 aliphatic carbocycles. The molecule has 0 spiro atoms. The van der Waals surface area contributed by atoms with Crippen molar-refractivity contribution in [2.24, 2.45) is 5.73 Å². The average Bonchev–Trinajstić information content (AvgIpc) is 2.55. The standard InChI is InChI=1S/C15H23N3O/c1-12-7-9-18(14(11-16)15(19)17-12)10-8-13-5-3-2-4-6-13/h2-6,12,14H,7-11,16H2,1H3,(H,17,19). The minimum Gasteiger partial charge on any atom is -0.352 e. The van der Waals surface area contributed by atoms with Gasteiger partial charge in [-0.1, -0.05) is 30.3 Å². The second kappa shape index (κ2) is 6.68. The van der Waals surface area contributed by atoms with Crippen LogP contribution in [0, 0.1) is 0 Å². The minimum absolute atomic E-state index is 0.0700. The van der Waals surface area contributed by atoms with Gasteiger partial charge in [0.15, 0.2) is 0 Å². The van der Waals surface area contributed by atoms with Crippen molar-refractivity contribution in [1.29, 1.82) is 0 Å². The van der Waals surface area contributed by atoms with Gasteiger partial charge in [0.25, 0.3) is 0 Å². The van der Waals surface area contributed by atoms with Gasteiger partial charge >= 0.3 is 0 Å². The first-order valence-corrected chi connectivity index (χ1v) is 6.99. The first-order valence-electron chi connectivity index (χ1n) is 6.99. The highest BCUT2D eigenvalue weighted by Gasteiger charge is 2.28. The van der Waals surface area contributed by atoms with Crippen LogP contribution in [0.2, 0.25) is 0 Å². The highest BCUT2D eigenvalue weighted by atomic mass is 16.2. The molecule has 1 aliphatic heterocycles. The molecule has 0 radical (unpaired) electrons. The van der Waals surface area contributed by atoms with Gasteiger partial charge in [0, 0.05) is 25.7 Å². The summed E-state index contributed by atoms with van der Waals surface area (Å²) >= 11 is 0. The van der Waals surface area contributed by atoms with Crippen LogP contribution in [-0.2, 0) is 11.2 Å². The highest BCUT2D eigenvalue weighted by Crippen LogP contribution is 2.10. The van der Waals surface area contributed by atoms with Crippen molar-refractivity contribution >= 4 is 5.91 Å². The molecule has 1 heterocycles. The van der Waals surface area contributed by atoms with Crippen molar-refractivity contribution in [3.8, 4) is 0 Å². The van der Waals surface area contributed by atoms with Crippen LogP contribution in [0.5, 0.6) is 0 Å². The molecule has 1 amide bonds. The third-order valence-corrected chi connectivity index (χ3v) is 3.74. The number of benzene rings is 1. The summed E-state index contributed by atoms with van der Waals surface area (Å²) < 4.78 is 0. The highest BCUT2D eigenvalue weighted by molar-refractivity contribution is 5.82. The van der Waals surface area contributed by atoms with Gasteiger partial charge in [-0.15, -0.1) is 0 Å². The van der Waals surface area contributed by atoms with E-state index in [1.807, 2.05) is 25.1 Å². The van der Waals surface area contributed by atoms with Crippen LogP contribution in [0.4, 0.5) is 0 Å². The number of nitrogens with two attached hydrogens (primary N) is 1. The Hall–Kier alpha value is -1.39. The summed E-state index contributed by atoms with van der Waals surface area (Å²) in [5.74, 6) is 0.0700. The van der Waals surface area contributed by atoms with Crippen LogP contribution in [0.3, 0.4) is 0 Å². The lowest BCUT2D eigenvalue weighted by atomic mass is 10.1. The van der Waals surface area contributed by atoms with E-state index in [1.165, 1.54) is 5.56 Å². The van der Waals surface area contributed by atoms with Crippen molar-refractivity contribution in [2.75, 3.05) is 19.6 Å². The number of nitrogens with zero attached hydrogens (tertiary/aromatic N) is 1. The van der Waals surface area contributed by atoms with Gasteiger partial charge in [-0.05, 0) is 25.3 Å². The van der Waals surface area contributed by atoms with Crippen LogP contribution in [0.25, 0.3) is 0 Å². The van der Waals surface area contributed by atoms with Gasteiger partial charge < -0.3 is 11.1 Å². The molecule has 1 fully saturated rings. The Morgan fingerprint density at radius 3 is 2.79 bits per heavy atom. The molecule has 1 aromatic carbocycles. The van der Waals surface area contributed by atoms with Crippen LogP contribution < -0.4 is 11.1 Å². The molecule has 4 heteroatoms. The molecule has 2 rings (SSSR count). The quantitative estimate of drug-likeness (QED) is 0.841. The SMILES string of the molecule is CC1CCN(CCc2ccccc2)C(CN)C(=O)N1. The summed E-state index contributed by atoms with van der Waals surface area (Å²) in [5.41, 5.74) is 7.07. The van der Waals surface area contributed by atoms with Gasteiger partial charge in [-0.3, -0.25) is 9.69 Å². The molecule has 0 saturated carbocycles. The van der Waals surface area contributed by atoms with E-state index >= 15 is 0 Å². The normalized spacial score (nSPS) is 24.8. The fraction of sp³-hybridized carbons (Fsp3) is 0.533. The molecule has 2 unspecified atom stereocenters. The number of hydrogen-bond donors (Lipinski definition) is 2. The lowest BCUT2D eigenvalue weighted by Gasteiger charge is -2.27. The Balaban J connectivity index is 1.98. The third kappa shape index (κ3) is 3.78. The molecular formula is C15H23N3O. The fourth-order valence-corrected chi connectivity index (χ4v) is 2.53. The maximum Gasteiger partial charge on any atom is 0.238 e. The summed E-state index contributed by atoms with van der Waals surface area (Å²) in [4.78, 5) is 14.3. The minimum atomic E-state index is -0.186. The number of nitrogens with one attached hydrogen (secondary N) is 1. The van der Waals surface area contributed by atoms with E-state index in [9.17, 15) is 4.79 Å². The van der Waals surface area contributed by atoms with Gasteiger partial charge in [0.05, 0.1) is 0 Å². The van der Waals surface area contributed by atoms with E-state index in [0.29, 0.717) is 6.54 Å². The third-order valence-electron chi connectivity index (χ3n) is 3.74. The van der Waals surface area contributed by atoms with Crippen molar-refractivity contribution < 1.29 is 4.79 Å². The van der Waals surface area contributed by atoms with Crippen LogP contribution in [-0.4, -0.2) is 42.5 Å². The van der Waals surface area contributed by atoms with E-state index < -0.39 is 0 Å². The van der Waals surface area contributed by atoms with E-state index in [0.717, 1.165) is 25.9 Å². The fourth-order valence-electron chi connectivity index (χ4n) is 2.53. The largest absolute Gasteiger partial charge is 0.352 e. The zero-order chi connectivity index (χ0) is 13.7. The Kier molecular flexibility index (Phi) is 4.93. The van der Waals surface area contributed by atoms with E-state index in [1.54, 1.807) is 0 Å². The number of amides is 1. The van der Waals surface area contributed by atoms with Crippen LogP contribution in [0.15, 0.2) is 30.3 Å². The molecular weight excluding hydrogens is 238 g/mol. The molecule has 19 heavy (non-hydrogen) atoms. The van der Waals surface area contributed by atoms with Crippen molar-refractivity contribution in [3.05, 3.63) is 35.9 Å². The summed E-state index contributed by atoms with van der Waals surface area (Å²) in [6.45, 7) is 4.24. The van der Waals surface area contributed by atoms with Crippen molar-refractivity contribution in [1.82, 2.24) is 10.2 Å². The average molecular weight is 261 g/mol. The molecule has 0 bridgehead atoms. The molecule has 1 aromatic rings. The van der Waals surface area contributed by atoms with Gasteiger partial charge in [-0.2, -0.15) is 0 Å². The molecule has 1 saturated heterocycles. The lowest BCUT2D eigenvalue weighted by Crippen LogP contribution is -2.49. The molecule has 2 atom stereocenters.